The molecular formula is C15H25N3. The first-order valence-electron chi connectivity index (χ1n) is 7.13. The molecule has 0 spiro atoms. The van der Waals surface area contributed by atoms with Crippen LogP contribution in [-0.4, -0.2) is 18.1 Å². The van der Waals surface area contributed by atoms with E-state index in [0.29, 0.717) is 12.0 Å². The summed E-state index contributed by atoms with van der Waals surface area (Å²) in [6.45, 7) is 7.51. The Morgan fingerprint density at radius 3 is 2.50 bits per heavy atom. The standard InChI is InChI=1S/C15H25N3/c1-3-15(4-2)6-9-18(10-7-15)14-5-8-17-13(11-14)12-16/h5,8,11H,3-4,6-7,9-10,12,16H2,1-2H3. The van der Waals surface area contributed by atoms with Crippen molar-refractivity contribution in [2.24, 2.45) is 11.1 Å². The van der Waals surface area contributed by atoms with Gasteiger partial charge in [0.15, 0.2) is 0 Å². The van der Waals surface area contributed by atoms with Crippen molar-refractivity contribution in [1.82, 2.24) is 4.98 Å². The predicted octanol–water partition coefficient (Wildman–Crippen LogP) is 2.95. The van der Waals surface area contributed by atoms with Crippen LogP contribution in [0.5, 0.6) is 0 Å². The van der Waals surface area contributed by atoms with Crippen LogP contribution >= 0.6 is 0 Å². The second-order valence-corrected chi connectivity index (χ2v) is 5.40. The topological polar surface area (TPSA) is 42.2 Å². The molecule has 2 heterocycles. The van der Waals surface area contributed by atoms with E-state index in [2.05, 4.69) is 35.9 Å². The highest BCUT2D eigenvalue weighted by Gasteiger charge is 2.31. The first kappa shape index (κ1) is 13.3. The van der Waals surface area contributed by atoms with Gasteiger partial charge in [0.05, 0.1) is 5.69 Å². The van der Waals surface area contributed by atoms with E-state index in [1.807, 2.05) is 6.20 Å². The van der Waals surface area contributed by atoms with Gasteiger partial charge in [-0.05, 0) is 30.4 Å². The van der Waals surface area contributed by atoms with Gasteiger partial charge in [-0.15, -0.1) is 0 Å². The van der Waals surface area contributed by atoms with Crippen molar-refractivity contribution in [2.75, 3.05) is 18.0 Å². The van der Waals surface area contributed by atoms with Crippen molar-refractivity contribution < 1.29 is 0 Å². The average molecular weight is 247 g/mol. The Bertz CT molecular complexity index is 375. The van der Waals surface area contributed by atoms with Gasteiger partial charge in [-0.3, -0.25) is 4.98 Å². The number of pyridine rings is 1. The SMILES string of the molecule is CCC1(CC)CCN(c2ccnc(CN)c2)CC1. The van der Waals surface area contributed by atoms with Crippen molar-refractivity contribution in [3.63, 3.8) is 0 Å². The molecule has 2 rings (SSSR count). The molecule has 0 amide bonds. The summed E-state index contributed by atoms with van der Waals surface area (Å²) in [4.78, 5) is 6.74. The maximum Gasteiger partial charge on any atom is 0.0560 e. The Labute approximate surface area is 110 Å². The minimum absolute atomic E-state index is 0.523. The lowest BCUT2D eigenvalue weighted by atomic mass is 9.74. The van der Waals surface area contributed by atoms with Crippen molar-refractivity contribution in [2.45, 2.75) is 46.1 Å². The number of hydrogen-bond acceptors (Lipinski definition) is 3. The molecule has 2 N–H and O–H groups in total. The number of aromatic nitrogens is 1. The number of nitrogens with zero attached hydrogens (tertiary/aromatic N) is 2. The van der Waals surface area contributed by atoms with E-state index in [-0.39, 0.29) is 0 Å². The molecule has 0 bridgehead atoms. The number of rotatable bonds is 4. The number of nitrogens with two attached hydrogens (primary N) is 1. The zero-order valence-corrected chi connectivity index (χ0v) is 11.7. The molecule has 100 valence electrons. The van der Waals surface area contributed by atoms with Crippen molar-refractivity contribution >= 4 is 5.69 Å². The molecule has 1 aliphatic rings. The number of hydrogen-bond donors (Lipinski definition) is 1. The quantitative estimate of drug-likeness (QED) is 0.889. The van der Waals surface area contributed by atoms with E-state index in [1.165, 1.54) is 31.4 Å². The summed E-state index contributed by atoms with van der Waals surface area (Å²) in [6.07, 6.45) is 7.10. The third kappa shape index (κ3) is 2.66. The summed E-state index contributed by atoms with van der Waals surface area (Å²) in [7, 11) is 0. The number of anilines is 1. The van der Waals surface area contributed by atoms with Gasteiger partial charge < -0.3 is 10.6 Å². The Hall–Kier alpha value is -1.09. The van der Waals surface area contributed by atoms with Crippen LogP contribution in [0.4, 0.5) is 5.69 Å². The summed E-state index contributed by atoms with van der Waals surface area (Å²) >= 11 is 0. The highest BCUT2D eigenvalue weighted by atomic mass is 15.1. The second-order valence-electron chi connectivity index (χ2n) is 5.40. The lowest BCUT2D eigenvalue weighted by Gasteiger charge is -2.42. The molecule has 0 unspecified atom stereocenters. The van der Waals surface area contributed by atoms with Gasteiger partial charge in [0.2, 0.25) is 0 Å². The molecule has 0 radical (unpaired) electrons. The number of piperidine rings is 1. The van der Waals surface area contributed by atoms with Gasteiger partial charge in [0.25, 0.3) is 0 Å². The monoisotopic (exact) mass is 247 g/mol. The van der Waals surface area contributed by atoms with Gasteiger partial charge in [0, 0.05) is 31.5 Å². The third-order valence-electron chi connectivity index (χ3n) is 4.70. The molecule has 1 aromatic heterocycles. The fourth-order valence-corrected chi connectivity index (χ4v) is 2.97. The van der Waals surface area contributed by atoms with Crippen molar-refractivity contribution in [1.29, 1.82) is 0 Å². The molecule has 3 nitrogen and oxygen atoms in total. The van der Waals surface area contributed by atoms with Crippen LogP contribution in [0.25, 0.3) is 0 Å². The molecule has 0 aliphatic carbocycles. The van der Waals surface area contributed by atoms with E-state index in [1.54, 1.807) is 0 Å². The van der Waals surface area contributed by atoms with Gasteiger partial charge in [0.1, 0.15) is 0 Å². The molecule has 3 heteroatoms. The van der Waals surface area contributed by atoms with Crippen LogP contribution in [-0.2, 0) is 6.54 Å². The zero-order valence-electron chi connectivity index (χ0n) is 11.7. The second kappa shape index (κ2) is 5.70. The summed E-state index contributed by atoms with van der Waals surface area (Å²) < 4.78 is 0. The minimum Gasteiger partial charge on any atom is -0.371 e. The highest BCUT2D eigenvalue weighted by molar-refractivity contribution is 5.47. The fourth-order valence-electron chi connectivity index (χ4n) is 2.97. The minimum atomic E-state index is 0.523. The van der Waals surface area contributed by atoms with Gasteiger partial charge in [-0.1, -0.05) is 26.7 Å². The van der Waals surface area contributed by atoms with Gasteiger partial charge in [-0.25, -0.2) is 0 Å². The molecule has 1 aromatic rings. The molecular weight excluding hydrogens is 222 g/mol. The maximum atomic E-state index is 5.65. The zero-order chi connectivity index (χ0) is 13.0. The molecule has 0 atom stereocenters. The third-order valence-corrected chi connectivity index (χ3v) is 4.70. The Balaban J connectivity index is 2.04. The van der Waals surface area contributed by atoms with Crippen LogP contribution < -0.4 is 10.6 Å². The highest BCUT2D eigenvalue weighted by Crippen LogP contribution is 2.39. The van der Waals surface area contributed by atoms with Crippen LogP contribution in [0.15, 0.2) is 18.3 Å². The van der Waals surface area contributed by atoms with Gasteiger partial charge in [-0.2, -0.15) is 0 Å². The molecule has 0 aromatic carbocycles. The van der Waals surface area contributed by atoms with Crippen molar-refractivity contribution in [3.05, 3.63) is 24.0 Å². The lowest BCUT2D eigenvalue weighted by Crippen LogP contribution is -2.39. The van der Waals surface area contributed by atoms with E-state index in [0.717, 1.165) is 18.8 Å². The first-order chi connectivity index (χ1) is 8.73. The van der Waals surface area contributed by atoms with Crippen LogP contribution in [0, 0.1) is 5.41 Å². The Morgan fingerprint density at radius 2 is 1.94 bits per heavy atom. The smallest absolute Gasteiger partial charge is 0.0560 e. The summed E-state index contributed by atoms with van der Waals surface area (Å²) in [5.74, 6) is 0. The molecule has 0 saturated carbocycles. The first-order valence-corrected chi connectivity index (χ1v) is 7.13. The Morgan fingerprint density at radius 1 is 1.28 bits per heavy atom. The molecule has 1 saturated heterocycles. The molecule has 18 heavy (non-hydrogen) atoms. The Kier molecular flexibility index (Phi) is 4.23. The largest absolute Gasteiger partial charge is 0.371 e. The predicted molar refractivity (Wildman–Crippen MR) is 76.6 cm³/mol. The normalized spacial score (nSPS) is 18.9. The average Bonchev–Trinajstić information content (AvgIpc) is 2.47. The van der Waals surface area contributed by atoms with Crippen LogP contribution in [0.2, 0.25) is 0 Å². The van der Waals surface area contributed by atoms with Crippen molar-refractivity contribution in [3.8, 4) is 0 Å². The molecule has 1 fully saturated rings. The van der Waals surface area contributed by atoms with Gasteiger partial charge >= 0.3 is 0 Å². The van der Waals surface area contributed by atoms with Crippen LogP contribution in [0.1, 0.15) is 45.2 Å². The van der Waals surface area contributed by atoms with E-state index >= 15 is 0 Å². The van der Waals surface area contributed by atoms with E-state index in [4.69, 9.17) is 5.73 Å². The van der Waals surface area contributed by atoms with E-state index in [9.17, 15) is 0 Å². The molecule has 1 aliphatic heterocycles. The maximum absolute atomic E-state index is 5.65. The summed E-state index contributed by atoms with van der Waals surface area (Å²) in [5.41, 5.74) is 8.50. The van der Waals surface area contributed by atoms with E-state index < -0.39 is 0 Å². The summed E-state index contributed by atoms with van der Waals surface area (Å²) in [6, 6.07) is 4.23. The fraction of sp³-hybridized carbons (Fsp3) is 0.667. The van der Waals surface area contributed by atoms with Crippen LogP contribution in [0.3, 0.4) is 0 Å². The summed E-state index contributed by atoms with van der Waals surface area (Å²) in [5, 5.41) is 0. The lowest BCUT2D eigenvalue weighted by molar-refractivity contribution is 0.199.